The van der Waals surface area contributed by atoms with Gasteiger partial charge in [0.1, 0.15) is 0 Å². The van der Waals surface area contributed by atoms with Crippen LogP contribution in [0.1, 0.15) is 40.0 Å². The smallest absolute Gasteiger partial charge is 0.00178 e. The fourth-order valence-electron chi connectivity index (χ4n) is 2.51. The Morgan fingerprint density at radius 1 is 1.42 bits per heavy atom. The van der Waals surface area contributed by atoms with Gasteiger partial charge in [-0.15, -0.1) is 0 Å². The second kappa shape index (κ2) is 4.86. The van der Waals surface area contributed by atoms with Crippen LogP contribution in [0.4, 0.5) is 0 Å². The highest BCUT2D eigenvalue weighted by Crippen LogP contribution is 2.29. The largest absolute Gasteiger partial charge is 0.316 e. The summed E-state index contributed by atoms with van der Waals surface area (Å²) in [4.78, 5) is 0. The molecule has 1 aliphatic heterocycles. The number of nitrogens with one attached hydrogen (secondary N) is 1. The fraction of sp³-hybridized carbons (Fsp3) is 1.00. The number of hydrogen-bond acceptors (Lipinski definition) is 1. The Labute approximate surface area is 76.9 Å². The van der Waals surface area contributed by atoms with Crippen molar-refractivity contribution in [1.82, 2.24) is 5.32 Å². The molecule has 2 atom stereocenters. The van der Waals surface area contributed by atoms with Crippen molar-refractivity contribution in [3.05, 3.63) is 0 Å². The molecule has 1 rings (SSSR count). The first-order valence-electron chi connectivity index (χ1n) is 5.46. The first-order chi connectivity index (χ1) is 5.75. The third kappa shape index (κ3) is 2.48. The van der Waals surface area contributed by atoms with E-state index >= 15 is 0 Å². The van der Waals surface area contributed by atoms with Gasteiger partial charge in [-0.3, -0.25) is 0 Å². The van der Waals surface area contributed by atoms with Gasteiger partial charge in [0, 0.05) is 0 Å². The standard InChI is InChI=1S/C11H23N/c1-4-5-10-8-12-7-6-11(10)9(2)3/h9-12H,4-8H2,1-3H3. The first kappa shape index (κ1) is 10.0. The Hall–Kier alpha value is -0.0400. The van der Waals surface area contributed by atoms with Crippen LogP contribution in [-0.4, -0.2) is 13.1 Å². The lowest BCUT2D eigenvalue weighted by atomic mass is 9.77. The second-order valence-electron chi connectivity index (χ2n) is 4.45. The molecule has 1 nitrogen and oxygen atoms in total. The molecule has 1 heteroatoms. The maximum atomic E-state index is 3.50. The first-order valence-corrected chi connectivity index (χ1v) is 5.46. The Bertz CT molecular complexity index is 118. The normalized spacial score (nSPS) is 31.0. The lowest BCUT2D eigenvalue weighted by Crippen LogP contribution is -2.38. The Morgan fingerprint density at radius 2 is 2.17 bits per heavy atom. The molecule has 0 saturated carbocycles. The van der Waals surface area contributed by atoms with Gasteiger partial charge >= 0.3 is 0 Å². The quantitative estimate of drug-likeness (QED) is 0.685. The van der Waals surface area contributed by atoms with E-state index in [1.165, 1.54) is 32.4 Å². The minimum atomic E-state index is 0.878. The SMILES string of the molecule is CCCC1CNCCC1C(C)C. The number of rotatable bonds is 3. The lowest BCUT2D eigenvalue weighted by Gasteiger charge is -2.34. The van der Waals surface area contributed by atoms with Crippen molar-refractivity contribution in [2.75, 3.05) is 13.1 Å². The van der Waals surface area contributed by atoms with Crippen LogP contribution in [0.25, 0.3) is 0 Å². The van der Waals surface area contributed by atoms with Crippen molar-refractivity contribution in [2.24, 2.45) is 17.8 Å². The molecule has 0 aromatic heterocycles. The molecule has 2 unspecified atom stereocenters. The van der Waals surface area contributed by atoms with E-state index in [9.17, 15) is 0 Å². The van der Waals surface area contributed by atoms with E-state index in [0.29, 0.717) is 0 Å². The van der Waals surface area contributed by atoms with Gasteiger partial charge in [0.2, 0.25) is 0 Å². The van der Waals surface area contributed by atoms with Crippen LogP contribution in [-0.2, 0) is 0 Å². The van der Waals surface area contributed by atoms with Gasteiger partial charge in [-0.25, -0.2) is 0 Å². The summed E-state index contributed by atoms with van der Waals surface area (Å²) in [6.45, 7) is 9.54. The minimum Gasteiger partial charge on any atom is -0.316 e. The molecule has 0 aromatic rings. The molecular formula is C11H23N. The van der Waals surface area contributed by atoms with Gasteiger partial charge in [0.15, 0.2) is 0 Å². The fourth-order valence-corrected chi connectivity index (χ4v) is 2.51. The van der Waals surface area contributed by atoms with Crippen molar-refractivity contribution in [2.45, 2.75) is 40.0 Å². The average molecular weight is 169 g/mol. The highest BCUT2D eigenvalue weighted by molar-refractivity contribution is 4.79. The summed E-state index contributed by atoms with van der Waals surface area (Å²) in [5, 5.41) is 3.50. The van der Waals surface area contributed by atoms with E-state index in [1.807, 2.05) is 0 Å². The van der Waals surface area contributed by atoms with Crippen molar-refractivity contribution >= 4 is 0 Å². The summed E-state index contributed by atoms with van der Waals surface area (Å²) in [7, 11) is 0. The molecule has 0 radical (unpaired) electrons. The van der Waals surface area contributed by atoms with Crippen molar-refractivity contribution < 1.29 is 0 Å². The van der Waals surface area contributed by atoms with E-state index in [-0.39, 0.29) is 0 Å². The summed E-state index contributed by atoms with van der Waals surface area (Å²) in [5.74, 6) is 2.80. The predicted octanol–water partition coefficient (Wildman–Crippen LogP) is 2.67. The van der Waals surface area contributed by atoms with Crippen LogP contribution >= 0.6 is 0 Å². The molecule has 1 N–H and O–H groups in total. The van der Waals surface area contributed by atoms with Gasteiger partial charge in [0.05, 0.1) is 0 Å². The van der Waals surface area contributed by atoms with Gasteiger partial charge < -0.3 is 5.32 Å². The lowest BCUT2D eigenvalue weighted by molar-refractivity contribution is 0.184. The highest BCUT2D eigenvalue weighted by atomic mass is 14.9. The molecule has 1 heterocycles. The third-order valence-corrected chi connectivity index (χ3v) is 3.18. The van der Waals surface area contributed by atoms with E-state index in [2.05, 4.69) is 26.1 Å². The molecule has 0 aromatic carbocycles. The van der Waals surface area contributed by atoms with Crippen LogP contribution in [0.3, 0.4) is 0 Å². The van der Waals surface area contributed by atoms with Gasteiger partial charge in [-0.05, 0) is 43.7 Å². The number of hydrogen-bond donors (Lipinski definition) is 1. The van der Waals surface area contributed by atoms with Gasteiger partial charge in [-0.1, -0.05) is 27.2 Å². The van der Waals surface area contributed by atoms with Crippen LogP contribution in [0.15, 0.2) is 0 Å². The summed E-state index contributed by atoms with van der Waals surface area (Å²) in [5.41, 5.74) is 0. The predicted molar refractivity (Wildman–Crippen MR) is 54.2 cm³/mol. The Morgan fingerprint density at radius 3 is 2.75 bits per heavy atom. The zero-order valence-electron chi connectivity index (χ0n) is 8.77. The molecule has 12 heavy (non-hydrogen) atoms. The van der Waals surface area contributed by atoms with E-state index in [4.69, 9.17) is 0 Å². The maximum Gasteiger partial charge on any atom is -0.00178 e. The second-order valence-corrected chi connectivity index (χ2v) is 4.45. The van der Waals surface area contributed by atoms with Crippen molar-refractivity contribution in [3.8, 4) is 0 Å². The average Bonchev–Trinajstić information content (AvgIpc) is 2.05. The summed E-state index contributed by atoms with van der Waals surface area (Å²) >= 11 is 0. The molecule has 1 fully saturated rings. The molecule has 0 spiro atoms. The van der Waals surface area contributed by atoms with E-state index in [0.717, 1.165) is 17.8 Å². The monoisotopic (exact) mass is 169 g/mol. The van der Waals surface area contributed by atoms with Crippen LogP contribution in [0.2, 0.25) is 0 Å². The Balaban J connectivity index is 2.42. The molecule has 1 aliphatic rings. The highest BCUT2D eigenvalue weighted by Gasteiger charge is 2.26. The Kier molecular flexibility index (Phi) is 4.07. The zero-order valence-corrected chi connectivity index (χ0v) is 8.77. The molecule has 1 saturated heterocycles. The van der Waals surface area contributed by atoms with Crippen LogP contribution in [0, 0.1) is 17.8 Å². The topological polar surface area (TPSA) is 12.0 Å². The van der Waals surface area contributed by atoms with Crippen LogP contribution in [0.5, 0.6) is 0 Å². The maximum absolute atomic E-state index is 3.50. The molecule has 0 bridgehead atoms. The van der Waals surface area contributed by atoms with Gasteiger partial charge in [-0.2, -0.15) is 0 Å². The van der Waals surface area contributed by atoms with Crippen molar-refractivity contribution in [3.63, 3.8) is 0 Å². The summed E-state index contributed by atoms with van der Waals surface area (Å²) < 4.78 is 0. The van der Waals surface area contributed by atoms with Crippen LogP contribution < -0.4 is 5.32 Å². The molecule has 72 valence electrons. The minimum absolute atomic E-state index is 0.878. The van der Waals surface area contributed by atoms with Crippen molar-refractivity contribution in [1.29, 1.82) is 0 Å². The van der Waals surface area contributed by atoms with E-state index in [1.54, 1.807) is 0 Å². The van der Waals surface area contributed by atoms with E-state index < -0.39 is 0 Å². The third-order valence-electron chi connectivity index (χ3n) is 3.18. The van der Waals surface area contributed by atoms with Gasteiger partial charge in [0.25, 0.3) is 0 Å². The molecule has 0 amide bonds. The number of piperidine rings is 1. The summed E-state index contributed by atoms with van der Waals surface area (Å²) in [6.07, 6.45) is 4.15. The zero-order chi connectivity index (χ0) is 8.97. The summed E-state index contributed by atoms with van der Waals surface area (Å²) in [6, 6.07) is 0. The molecular weight excluding hydrogens is 146 g/mol. The molecule has 0 aliphatic carbocycles.